The molecule has 0 spiro atoms. The van der Waals surface area contributed by atoms with E-state index in [1.54, 1.807) is 0 Å². The van der Waals surface area contributed by atoms with Crippen LogP contribution in [0.4, 0.5) is 19.0 Å². The van der Waals surface area contributed by atoms with Crippen molar-refractivity contribution in [2.75, 3.05) is 11.9 Å². The Hall–Kier alpha value is -2.35. The maximum atomic E-state index is 12.2. The van der Waals surface area contributed by atoms with E-state index in [0.29, 0.717) is 17.1 Å². The number of halogens is 3. The van der Waals surface area contributed by atoms with Crippen LogP contribution < -0.4 is 10.1 Å². The van der Waals surface area contributed by atoms with E-state index in [1.807, 2.05) is 13.8 Å². The van der Waals surface area contributed by atoms with Crippen molar-refractivity contribution >= 4 is 5.82 Å². The molecule has 0 unspecified atom stereocenters. The zero-order valence-electron chi connectivity index (χ0n) is 13.2. The van der Waals surface area contributed by atoms with Crippen LogP contribution in [-0.2, 0) is 0 Å². The van der Waals surface area contributed by atoms with Gasteiger partial charge >= 0.3 is 6.36 Å². The highest BCUT2D eigenvalue weighted by molar-refractivity contribution is 5.71. The summed E-state index contributed by atoms with van der Waals surface area (Å²) < 4.78 is 40.5. The van der Waals surface area contributed by atoms with Crippen molar-refractivity contribution in [2.45, 2.75) is 26.3 Å². The third-order valence-electron chi connectivity index (χ3n) is 3.38. The van der Waals surface area contributed by atoms with Gasteiger partial charge in [-0.05, 0) is 30.2 Å². The van der Waals surface area contributed by atoms with Gasteiger partial charge in [-0.2, -0.15) is 0 Å². The molecule has 24 heavy (non-hydrogen) atoms. The molecule has 2 N–H and O–H groups in total. The summed E-state index contributed by atoms with van der Waals surface area (Å²) in [5.41, 5.74) is 1.07. The zero-order chi connectivity index (χ0) is 17.7. The number of alkyl halides is 3. The molecule has 1 aromatic carbocycles. The predicted molar refractivity (Wildman–Crippen MR) is 83.5 cm³/mol. The number of anilines is 1. The van der Waals surface area contributed by atoms with Crippen LogP contribution >= 0.6 is 0 Å². The van der Waals surface area contributed by atoms with Gasteiger partial charge in [0, 0.05) is 18.0 Å². The SMILES string of the molecule is CC(C)[C@H](CO)Nc1nccnc1-c1ccc(OC(F)(F)F)cc1. The average molecular weight is 341 g/mol. The number of aromatic nitrogens is 2. The lowest BCUT2D eigenvalue weighted by Gasteiger charge is -2.21. The van der Waals surface area contributed by atoms with Gasteiger partial charge in [-0.3, -0.25) is 4.98 Å². The number of benzene rings is 1. The largest absolute Gasteiger partial charge is 0.573 e. The summed E-state index contributed by atoms with van der Waals surface area (Å²) in [5.74, 6) is 0.308. The van der Waals surface area contributed by atoms with Crippen LogP contribution in [0.1, 0.15) is 13.8 Å². The fourth-order valence-electron chi connectivity index (χ4n) is 2.07. The van der Waals surface area contributed by atoms with Gasteiger partial charge < -0.3 is 15.2 Å². The van der Waals surface area contributed by atoms with E-state index in [-0.39, 0.29) is 24.3 Å². The van der Waals surface area contributed by atoms with Gasteiger partial charge in [-0.1, -0.05) is 13.8 Å². The van der Waals surface area contributed by atoms with Gasteiger partial charge in [-0.15, -0.1) is 13.2 Å². The molecule has 2 aromatic rings. The molecular weight excluding hydrogens is 323 g/mol. The fourth-order valence-corrected chi connectivity index (χ4v) is 2.07. The highest BCUT2D eigenvalue weighted by Gasteiger charge is 2.31. The number of nitrogens with one attached hydrogen (secondary N) is 1. The van der Waals surface area contributed by atoms with Crippen LogP contribution in [0.3, 0.4) is 0 Å². The van der Waals surface area contributed by atoms with E-state index >= 15 is 0 Å². The summed E-state index contributed by atoms with van der Waals surface area (Å²) in [6, 6.07) is 5.16. The molecule has 8 heteroatoms. The topological polar surface area (TPSA) is 67.3 Å². The minimum Gasteiger partial charge on any atom is -0.406 e. The minimum absolute atomic E-state index is 0.0773. The number of hydrogen-bond donors (Lipinski definition) is 2. The number of ether oxygens (including phenoxy) is 1. The first-order valence-corrected chi connectivity index (χ1v) is 7.34. The Labute approximate surface area is 137 Å². The van der Waals surface area contributed by atoms with Crippen LogP contribution in [0.5, 0.6) is 5.75 Å². The van der Waals surface area contributed by atoms with Crippen LogP contribution in [0.25, 0.3) is 11.3 Å². The van der Waals surface area contributed by atoms with Gasteiger partial charge in [0.05, 0.1) is 12.6 Å². The van der Waals surface area contributed by atoms with E-state index in [4.69, 9.17) is 0 Å². The molecule has 0 aliphatic rings. The maximum Gasteiger partial charge on any atom is 0.573 e. The molecule has 1 heterocycles. The van der Waals surface area contributed by atoms with Crippen molar-refractivity contribution in [1.82, 2.24) is 9.97 Å². The summed E-state index contributed by atoms with van der Waals surface area (Å²) >= 11 is 0. The molecule has 0 saturated carbocycles. The van der Waals surface area contributed by atoms with Crippen molar-refractivity contribution in [3.63, 3.8) is 0 Å². The third-order valence-corrected chi connectivity index (χ3v) is 3.38. The maximum absolute atomic E-state index is 12.2. The van der Waals surface area contributed by atoms with Crippen LogP contribution in [0.15, 0.2) is 36.7 Å². The van der Waals surface area contributed by atoms with Gasteiger partial charge in [0.1, 0.15) is 11.4 Å². The third kappa shape index (κ3) is 4.82. The first-order chi connectivity index (χ1) is 11.3. The van der Waals surface area contributed by atoms with Gasteiger partial charge in [0.15, 0.2) is 5.82 Å². The summed E-state index contributed by atoms with van der Waals surface area (Å²) in [6.07, 6.45) is -1.74. The molecule has 0 saturated heterocycles. The summed E-state index contributed by atoms with van der Waals surface area (Å²) in [5, 5.41) is 12.5. The van der Waals surface area contributed by atoms with E-state index < -0.39 is 6.36 Å². The van der Waals surface area contributed by atoms with Crippen molar-refractivity contribution in [1.29, 1.82) is 0 Å². The molecular formula is C16H18F3N3O2. The first-order valence-electron chi connectivity index (χ1n) is 7.34. The van der Waals surface area contributed by atoms with Gasteiger partial charge in [-0.25, -0.2) is 4.98 Å². The molecule has 0 aliphatic heterocycles. The fraction of sp³-hybridized carbons (Fsp3) is 0.375. The standard InChI is InChI=1S/C16H18F3N3O2/c1-10(2)13(9-23)22-15-14(20-7-8-21-15)11-3-5-12(6-4-11)24-16(17,18)19/h3-8,10,13,23H,9H2,1-2H3,(H,21,22)/t13-/m0/s1. The molecule has 0 fully saturated rings. The molecule has 0 bridgehead atoms. The number of nitrogens with zero attached hydrogens (tertiary/aromatic N) is 2. The Kier molecular flexibility index (Phi) is 5.61. The summed E-state index contributed by atoms with van der Waals surface area (Å²) in [7, 11) is 0. The molecule has 0 amide bonds. The van der Waals surface area contributed by atoms with E-state index in [0.717, 1.165) is 0 Å². The van der Waals surface area contributed by atoms with E-state index in [1.165, 1.54) is 36.7 Å². The second-order valence-electron chi connectivity index (χ2n) is 5.50. The van der Waals surface area contributed by atoms with Crippen molar-refractivity contribution < 1.29 is 23.0 Å². The average Bonchev–Trinajstić information content (AvgIpc) is 2.52. The lowest BCUT2D eigenvalue weighted by molar-refractivity contribution is -0.274. The van der Waals surface area contributed by atoms with Crippen molar-refractivity contribution in [2.24, 2.45) is 5.92 Å². The Morgan fingerprint density at radius 1 is 1.12 bits per heavy atom. The zero-order valence-corrected chi connectivity index (χ0v) is 13.2. The normalized spacial score (nSPS) is 13.0. The Bertz CT molecular complexity index is 660. The summed E-state index contributed by atoms with van der Waals surface area (Å²) in [6.45, 7) is 3.83. The first kappa shape index (κ1) is 18.0. The lowest BCUT2D eigenvalue weighted by atomic mass is 10.0. The molecule has 130 valence electrons. The predicted octanol–water partition coefficient (Wildman–Crippen LogP) is 3.47. The van der Waals surface area contributed by atoms with Crippen LogP contribution in [0.2, 0.25) is 0 Å². The minimum atomic E-state index is -4.73. The van der Waals surface area contributed by atoms with Crippen molar-refractivity contribution in [3.8, 4) is 17.0 Å². The summed E-state index contributed by atoms with van der Waals surface area (Å²) in [4.78, 5) is 8.44. The highest BCUT2D eigenvalue weighted by Crippen LogP contribution is 2.28. The van der Waals surface area contributed by atoms with E-state index in [2.05, 4.69) is 20.0 Å². The monoisotopic (exact) mass is 341 g/mol. The van der Waals surface area contributed by atoms with Gasteiger partial charge in [0.25, 0.3) is 0 Å². The quantitative estimate of drug-likeness (QED) is 0.842. The molecule has 1 aromatic heterocycles. The second kappa shape index (κ2) is 7.48. The van der Waals surface area contributed by atoms with Crippen LogP contribution in [0, 0.1) is 5.92 Å². The number of aliphatic hydroxyl groups excluding tert-OH is 1. The van der Waals surface area contributed by atoms with Crippen molar-refractivity contribution in [3.05, 3.63) is 36.7 Å². The Balaban J connectivity index is 2.26. The molecule has 0 aliphatic carbocycles. The second-order valence-corrected chi connectivity index (χ2v) is 5.50. The smallest absolute Gasteiger partial charge is 0.406 e. The molecule has 0 radical (unpaired) electrons. The van der Waals surface area contributed by atoms with Gasteiger partial charge in [0.2, 0.25) is 0 Å². The number of hydrogen-bond acceptors (Lipinski definition) is 5. The Morgan fingerprint density at radius 3 is 2.29 bits per heavy atom. The van der Waals surface area contributed by atoms with Crippen LogP contribution in [-0.4, -0.2) is 34.1 Å². The number of rotatable bonds is 6. The number of aliphatic hydroxyl groups is 1. The lowest BCUT2D eigenvalue weighted by Crippen LogP contribution is -2.30. The molecule has 5 nitrogen and oxygen atoms in total. The van der Waals surface area contributed by atoms with E-state index in [9.17, 15) is 18.3 Å². The molecule has 2 rings (SSSR count). The molecule has 1 atom stereocenters. The Morgan fingerprint density at radius 2 is 1.75 bits per heavy atom. The highest BCUT2D eigenvalue weighted by atomic mass is 19.4.